The van der Waals surface area contributed by atoms with Crippen molar-refractivity contribution in [2.24, 2.45) is 0 Å². The van der Waals surface area contributed by atoms with E-state index in [1.54, 1.807) is 0 Å². The van der Waals surface area contributed by atoms with E-state index in [1.165, 1.54) is 24.4 Å². The van der Waals surface area contributed by atoms with Crippen molar-refractivity contribution in [2.45, 2.75) is 65.6 Å². The molecule has 1 aliphatic rings. The summed E-state index contributed by atoms with van der Waals surface area (Å²) in [5, 5.41) is 1.09. The highest BCUT2D eigenvalue weighted by Gasteiger charge is 2.28. The predicted molar refractivity (Wildman–Crippen MR) is 82.0 cm³/mol. The van der Waals surface area contributed by atoms with E-state index in [0.29, 0.717) is 18.1 Å². The summed E-state index contributed by atoms with van der Waals surface area (Å²) in [4.78, 5) is 9.54. The summed E-state index contributed by atoms with van der Waals surface area (Å²) in [5.41, 5.74) is 0. The van der Waals surface area contributed by atoms with Gasteiger partial charge in [0.15, 0.2) is 0 Å². The van der Waals surface area contributed by atoms with Gasteiger partial charge in [-0.05, 0) is 47.5 Å². The molecule has 4 nitrogen and oxygen atoms in total. The van der Waals surface area contributed by atoms with Crippen molar-refractivity contribution in [2.75, 3.05) is 18.0 Å². The average Bonchev–Trinajstić information content (AvgIpc) is 2.76. The standard InChI is InChI=1S/C14H26N4S/c1-10(2)18(11(3)4)13-6-8-17(9-7-13)14-15-12(5)16-19-14/h10-11,13H,6-9H2,1-5H3. The lowest BCUT2D eigenvalue weighted by atomic mass is 10.0. The van der Waals surface area contributed by atoms with Crippen LogP contribution in [0.4, 0.5) is 5.13 Å². The molecule has 5 heteroatoms. The monoisotopic (exact) mass is 282 g/mol. The normalized spacial score (nSPS) is 18.0. The van der Waals surface area contributed by atoms with E-state index in [-0.39, 0.29) is 0 Å². The molecular formula is C14H26N4S. The van der Waals surface area contributed by atoms with Crippen molar-refractivity contribution in [1.82, 2.24) is 14.3 Å². The second-order valence-corrected chi connectivity index (χ2v) is 6.71. The zero-order valence-electron chi connectivity index (χ0n) is 12.8. The maximum Gasteiger partial charge on any atom is 0.205 e. The Kier molecular flexibility index (Phi) is 4.79. The molecule has 0 aromatic carbocycles. The molecule has 0 bridgehead atoms. The second-order valence-electron chi connectivity index (χ2n) is 5.98. The van der Waals surface area contributed by atoms with Gasteiger partial charge < -0.3 is 4.90 Å². The molecule has 1 aliphatic heterocycles. The van der Waals surface area contributed by atoms with Gasteiger partial charge in [0.2, 0.25) is 5.13 Å². The number of anilines is 1. The van der Waals surface area contributed by atoms with Crippen LogP contribution in [0.25, 0.3) is 0 Å². The highest BCUT2D eigenvalue weighted by Crippen LogP contribution is 2.26. The summed E-state index contributed by atoms with van der Waals surface area (Å²) in [7, 11) is 0. The van der Waals surface area contributed by atoms with Gasteiger partial charge in [-0.25, -0.2) is 4.98 Å². The van der Waals surface area contributed by atoms with Crippen molar-refractivity contribution in [1.29, 1.82) is 0 Å². The Balaban J connectivity index is 1.95. The minimum absolute atomic E-state index is 0.625. The number of rotatable bonds is 4. The van der Waals surface area contributed by atoms with Crippen LogP contribution in [-0.2, 0) is 0 Å². The largest absolute Gasteiger partial charge is 0.347 e. The molecular weight excluding hydrogens is 256 g/mol. The van der Waals surface area contributed by atoms with E-state index in [2.05, 4.69) is 46.9 Å². The summed E-state index contributed by atoms with van der Waals surface area (Å²) >= 11 is 1.53. The Labute approximate surface area is 121 Å². The summed E-state index contributed by atoms with van der Waals surface area (Å²) in [6, 6.07) is 1.96. The van der Waals surface area contributed by atoms with Crippen molar-refractivity contribution >= 4 is 16.7 Å². The lowest BCUT2D eigenvalue weighted by Crippen LogP contribution is -2.50. The first-order chi connectivity index (χ1) is 8.99. The smallest absolute Gasteiger partial charge is 0.205 e. The van der Waals surface area contributed by atoms with Crippen molar-refractivity contribution in [3.05, 3.63) is 5.82 Å². The summed E-state index contributed by atoms with van der Waals surface area (Å²) in [5.74, 6) is 0.896. The van der Waals surface area contributed by atoms with Gasteiger partial charge in [-0.3, -0.25) is 4.90 Å². The lowest BCUT2D eigenvalue weighted by molar-refractivity contribution is 0.0950. The molecule has 0 spiro atoms. The SMILES string of the molecule is Cc1nsc(N2CCC(N(C(C)C)C(C)C)CC2)n1. The van der Waals surface area contributed by atoms with Gasteiger partial charge in [0.05, 0.1) is 0 Å². The summed E-state index contributed by atoms with van der Waals surface area (Å²) in [6.07, 6.45) is 2.46. The summed E-state index contributed by atoms with van der Waals surface area (Å²) in [6.45, 7) is 13.4. The first-order valence-electron chi connectivity index (χ1n) is 7.31. The van der Waals surface area contributed by atoms with Crippen molar-refractivity contribution < 1.29 is 0 Å². The zero-order valence-corrected chi connectivity index (χ0v) is 13.6. The van der Waals surface area contributed by atoms with E-state index >= 15 is 0 Å². The fourth-order valence-corrected chi connectivity index (χ4v) is 3.93. The third-order valence-corrected chi connectivity index (χ3v) is 4.73. The van der Waals surface area contributed by atoms with Gasteiger partial charge in [0.1, 0.15) is 5.82 Å². The van der Waals surface area contributed by atoms with Crippen LogP contribution < -0.4 is 4.90 Å². The Morgan fingerprint density at radius 2 is 1.74 bits per heavy atom. The number of hydrogen-bond acceptors (Lipinski definition) is 5. The fourth-order valence-electron chi connectivity index (χ4n) is 3.21. The maximum atomic E-state index is 4.49. The van der Waals surface area contributed by atoms with E-state index < -0.39 is 0 Å². The minimum Gasteiger partial charge on any atom is -0.347 e. The van der Waals surface area contributed by atoms with Gasteiger partial charge in [0.25, 0.3) is 0 Å². The highest BCUT2D eigenvalue weighted by atomic mass is 32.1. The highest BCUT2D eigenvalue weighted by molar-refractivity contribution is 7.09. The summed E-state index contributed by atoms with van der Waals surface area (Å²) < 4.78 is 4.28. The Bertz CT molecular complexity index is 386. The van der Waals surface area contributed by atoms with E-state index in [9.17, 15) is 0 Å². The Morgan fingerprint density at radius 3 is 2.16 bits per heavy atom. The molecule has 1 aromatic heterocycles. The van der Waals surface area contributed by atoms with Crippen LogP contribution in [0.5, 0.6) is 0 Å². The molecule has 0 aliphatic carbocycles. The molecule has 108 valence electrons. The fraction of sp³-hybridized carbons (Fsp3) is 0.857. The van der Waals surface area contributed by atoms with Crippen LogP contribution >= 0.6 is 11.5 Å². The molecule has 2 heterocycles. The molecule has 0 unspecified atom stereocenters. The third kappa shape index (κ3) is 3.45. The minimum atomic E-state index is 0.625. The zero-order chi connectivity index (χ0) is 14.0. The van der Waals surface area contributed by atoms with Crippen LogP contribution in [-0.4, -0.2) is 45.5 Å². The van der Waals surface area contributed by atoms with Crippen LogP contribution in [0, 0.1) is 6.92 Å². The molecule has 2 rings (SSSR count). The molecule has 0 atom stereocenters. The van der Waals surface area contributed by atoms with E-state index in [1.807, 2.05) is 6.92 Å². The van der Waals surface area contributed by atoms with Crippen LogP contribution in [0.2, 0.25) is 0 Å². The third-order valence-electron chi connectivity index (χ3n) is 3.87. The molecule has 0 N–H and O–H groups in total. The first-order valence-corrected chi connectivity index (χ1v) is 8.09. The van der Waals surface area contributed by atoms with E-state index in [4.69, 9.17) is 0 Å². The number of nitrogens with zero attached hydrogens (tertiary/aromatic N) is 4. The van der Waals surface area contributed by atoms with Gasteiger partial charge in [0, 0.05) is 42.7 Å². The van der Waals surface area contributed by atoms with Crippen LogP contribution in [0.1, 0.15) is 46.4 Å². The maximum absolute atomic E-state index is 4.49. The molecule has 0 amide bonds. The predicted octanol–water partition coefficient (Wildman–Crippen LogP) is 2.93. The molecule has 1 fully saturated rings. The molecule has 19 heavy (non-hydrogen) atoms. The second kappa shape index (κ2) is 6.18. The lowest BCUT2D eigenvalue weighted by Gasteiger charge is -2.42. The Hall–Kier alpha value is -0.680. The topological polar surface area (TPSA) is 32.3 Å². The van der Waals surface area contributed by atoms with Crippen LogP contribution in [0.3, 0.4) is 0 Å². The van der Waals surface area contributed by atoms with Crippen molar-refractivity contribution in [3.8, 4) is 0 Å². The first kappa shape index (κ1) is 14.7. The van der Waals surface area contributed by atoms with E-state index in [0.717, 1.165) is 24.0 Å². The number of aromatic nitrogens is 2. The van der Waals surface area contributed by atoms with Crippen molar-refractivity contribution in [3.63, 3.8) is 0 Å². The number of hydrogen-bond donors (Lipinski definition) is 0. The average molecular weight is 282 g/mol. The van der Waals surface area contributed by atoms with Gasteiger partial charge in [-0.1, -0.05) is 0 Å². The molecule has 1 aromatic rings. The van der Waals surface area contributed by atoms with Gasteiger partial charge in [-0.15, -0.1) is 0 Å². The molecule has 1 saturated heterocycles. The number of piperidine rings is 1. The van der Waals surface area contributed by atoms with Crippen LogP contribution in [0.15, 0.2) is 0 Å². The van der Waals surface area contributed by atoms with Gasteiger partial charge in [-0.2, -0.15) is 4.37 Å². The number of aryl methyl sites for hydroxylation is 1. The molecule has 0 radical (unpaired) electrons. The Morgan fingerprint density at radius 1 is 1.16 bits per heavy atom. The van der Waals surface area contributed by atoms with Gasteiger partial charge >= 0.3 is 0 Å². The molecule has 0 saturated carbocycles. The quantitative estimate of drug-likeness (QED) is 0.850.